The lowest BCUT2D eigenvalue weighted by atomic mass is 10.3. The van der Waals surface area contributed by atoms with Crippen molar-refractivity contribution in [3.8, 4) is 5.75 Å². The number of nitrogens with one attached hydrogen (secondary N) is 1. The van der Waals surface area contributed by atoms with Gasteiger partial charge < -0.3 is 14.5 Å². The van der Waals surface area contributed by atoms with E-state index < -0.39 is 6.36 Å². The lowest BCUT2D eigenvalue weighted by molar-refractivity contribution is -0.274. The van der Waals surface area contributed by atoms with Crippen LogP contribution in [0.3, 0.4) is 0 Å². The molecule has 0 bridgehead atoms. The molecule has 1 N–H and O–H groups in total. The van der Waals surface area contributed by atoms with Crippen LogP contribution >= 0.6 is 31.9 Å². The van der Waals surface area contributed by atoms with E-state index in [1.54, 1.807) is 12.1 Å². The largest absolute Gasteiger partial charge is 0.573 e. The Morgan fingerprint density at radius 2 is 1.95 bits per heavy atom. The molecule has 0 unspecified atom stereocenters. The standard InChI is InChI=1S/C12H8Br2F3NO2/c13-7-1-2-9(10(5-7)20-12(15,16)17)18-6-11-8(14)3-4-19-11/h1-5,18H,6H2. The highest BCUT2D eigenvalue weighted by molar-refractivity contribution is 9.10. The zero-order chi connectivity index (χ0) is 14.8. The van der Waals surface area contributed by atoms with Gasteiger partial charge in [0.15, 0.2) is 5.75 Å². The van der Waals surface area contributed by atoms with Gasteiger partial charge in [0.2, 0.25) is 0 Å². The second-order valence-corrected chi connectivity index (χ2v) is 5.50. The average Bonchev–Trinajstić information content (AvgIpc) is 2.72. The molecule has 0 aliphatic rings. The van der Waals surface area contributed by atoms with Crippen molar-refractivity contribution < 1.29 is 22.3 Å². The zero-order valence-corrected chi connectivity index (χ0v) is 13.0. The molecule has 0 aliphatic heterocycles. The van der Waals surface area contributed by atoms with Crippen molar-refractivity contribution in [2.45, 2.75) is 12.9 Å². The van der Waals surface area contributed by atoms with Gasteiger partial charge in [-0.05, 0) is 40.2 Å². The van der Waals surface area contributed by atoms with Gasteiger partial charge in [0.05, 0.1) is 23.0 Å². The van der Waals surface area contributed by atoms with Crippen molar-refractivity contribution in [2.75, 3.05) is 5.32 Å². The van der Waals surface area contributed by atoms with Gasteiger partial charge in [-0.3, -0.25) is 0 Å². The number of anilines is 1. The molecule has 20 heavy (non-hydrogen) atoms. The first-order valence-electron chi connectivity index (χ1n) is 5.36. The maximum Gasteiger partial charge on any atom is 0.573 e. The highest BCUT2D eigenvalue weighted by Crippen LogP contribution is 2.33. The zero-order valence-electron chi connectivity index (χ0n) is 9.80. The quantitative estimate of drug-likeness (QED) is 0.735. The van der Waals surface area contributed by atoms with Gasteiger partial charge in [-0.25, -0.2) is 0 Å². The first-order chi connectivity index (χ1) is 9.35. The van der Waals surface area contributed by atoms with Crippen molar-refractivity contribution in [3.63, 3.8) is 0 Å². The predicted molar refractivity (Wildman–Crippen MR) is 74.6 cm³/mol. The molecule has 1 heterocycles. The topological polar surface area (TPSA) is 34.4 Å². The lowest BCUT2D eigenvalue weighted by Gasteiger charge is -2.14. The van der Waals surface area contributed by atoms with Crippen LogP contribution in [-0.2, 0) is 6.54 Å². The van der Waals surface area contributed by atoms with Crippen molar-refractivity contribution in [1.29, 1.82) is 0 Å². The number of hydrogen-bond donors (Lipinski definition) is 1. The highest BCUT2D eigenvalue weighted by Gasteiger charge is 2.32. The van der Waals surface area contributed by atoms with Crippen LogP contribution in [0.2, 0.25) is 0 Å². The molecule has 108 valence electrons. The first kappa shape index (κ1) is 15.2. The Balaban J connectivity index is 2.16. The molecule has 1 aromatic carbocycles. The Morgan fingerprint density at radius 1 is 1.20 bits per heavy atom. The van der Waals surface area contributed by atoms with E-state index in [9.17, 15) is 13.2 Å². The van der Waals surface area contributed by atoms with Crippen LogP contribution in [0.5, 0.6) is 5.75 Å². The van der Waals surface area contributed by atoms with Crippen LogP contribution in [0.1, 0.15) is 5.76 Å². The van der Waals surface area contributed by atoms with Crippen LogP contribution in [-0.4, -0.2) is 6.36 Å². The Hall–Kier alpha value is -1.15. The Morgan fingerprint density at radius 3 is 2.55 bits per heavy atom. The molecule has 0 spiro atoms. The number of hydrogen-bond acceptors (Lipinski definition) is 3. The number of halogens is 5. The third kappa shape index (κ3) is 4.17. The van der Waals surface area contributed by atoms with E-state index in [0.717, 1.165) is 4.47 Å². The Kier molecular flexibility index (Phi) is 4.64. The van der Waals surface area contributed by atoms with Crippen LogP contribution in [0.15, 0.2) is 43.9 Å². The molecule has 0 atom stereocenters. The minimum atomic E-state index is -4.75. The molecule has 0 saturated heterocycles. The van der Waals surface area contributed by atoms with Gasteiger partial charge in [0.25, 0.3) is 0 Å². The average molecular weight is 415 g/mol. The highest BCUT2D eigenvalue weighted by atomic mass is 79.9. The summed E-state index contributed by atoms with van der Waals surface area (Å²) in [5.74, 6) is 0.264. The summed E-state index contributed by atoms with van der Waals surface area (Å²) in [5, 5.41) is 2.84. The number of ether oxygens (including phenoxy) is 1. The van der Waals surface area contributed by atoms with Gasteiger partial charge in [-0.15, -0.1) is 13.2 Å². The van der Waals surface area contributed by atoms with E-state index in [4.69, 9.17) is 4.42 Å². The van der Waals surface area contributed by atoms with Gasteiger partial charge in [0, 0.05) is 4.47 Å². The van der Waals surface area contributed by atoms with E-state index in [2.05, 4.69) is 41.9 Å². The summed E-state index contributed by atoms with van der Waals surface area (Å²) < 4.78 is 47.4. The van der Waals surface area contributed by atoms with Gasteiger partial charge >= 0.3 is 6.36 Å². The fourth-order valence-corrected chi connectivity index (χ4v) is 2.16. The first-order valence-corrected chi connectivity index (χ1v) is 6.95. The summed E-state index contributed by atoms with van der Waals surface area (Å²) in [6.07, 6.45) is -3.27. The normalized spacial score (nSPS) is 11.4. The fourth-order valence-electron chi connectivity index (χ4n) is 1.48. The van der Waals surface area contributed by atoms with E-state index in [1.165, 1.54) is 18.4 Å². The summed E-state index contributed by atoms with van der Waals surface area (Å²) in [6, 6.07) is 6.05. The molecule has 2 rings (SSSR count). The molecule has 2 aromatic rings. The SMILES string of the molecule is FC(F)(F)Oc1cc(Br)ccc1NCc1occc1Br. The summed E-state index contributed by atoms with van der Waals surface area (Å²) in [7, 11) is 0. The molecule has 0 fully saturated rings. The fraction of sp³-hybridized carbons (Fsp3) is 0.167. The van der Waals surface area contributed by atoms with Gasteiger partial charge in [-0.1, -0.05) is 15.9 Å². The van der Waals surface area contributed by atoms with Crippen molar-refractivity contribution in [1.82, 2.24) is 0 Å². The molecule has 0 aliphatic carbocycles. The predicted octanol–water partition coefficient (Wildman–Crippen LogP) is 5.32. The van der Waals surface area contributed by atoms with Crippen molar-refractivity contribution in [2.24, 2.45) is 0 Å². The second-order valence-electron chi connectivity index (χ2n) is 3.73. The smallest absolute Gasteiger partial charge is 0.466 e. The minimum absolute atomic E-state index is 0.217. The van der Waals surface area contributed by atoms with E-state index in [0.29, 0.717) is 10.2 Å². The Labute approximate surface area is 129 Å². The van der Waals surface area contributed by atoms with Crippen LogP contribution in [0, 0.1) is 0 Å². The Bertz CT molecular complexity index is 599. The van der Waals surface area contributed by atoms with E-state index in [1.807, 2.05) is 0 Å². The number of benzene rings is 1. The maximum absolute atomic E-state index is 12.3. The minimum Gasteiger partial charge on any atom is -0.466 e. The van der Waals surface area contributed by atoms with Crippen molar-refractivity contribution >= 4 is 37.5 Å². The molecule has 3 nitrogen and oxygen atoms in total. The summed E-state index contributed by atoms with van der Waals surface area (Å²) in [5.41, 5.74) is 0.217. The van der Waals surface area contributed by atoms with Gasteiger partial charge in [0.1, 0.15) is 5.76 Å². The lowest BCUT2D eigenvalue weighted by Crippen LogP contribution is -2.18. The van der Waals surface area contributed by atoms with Crippen LogP contribution < -0.4 is 10.1 Å². The van der Waals surface area contributed by atoms with Crippen molar-refractivity contribution in [3.05, 3.63) is 45.2 Å². The van der Waals surface area contributed by atoms with E-state index in [-0.39, 0.29) is 18.0 Å². The third-order valence-corrected chi connectivity index (χ3v) is 3.50. The number of furan rings is 1. The monoisotopic (exact) mass is 413 g/mol. The molecule has 0 radical (unpaired) electrons. The summed E-state index contributed by atoms with van der Waals surface area (Å²) >= 11 is 6.37. The van der Waals surface area contributed by atoms with Crippen LogP contribution in [0.4, 0.5) is 18.9 Å². The molecule has 1 aromatic heterocycles. The number of alkyl halides is 3. The maximum atomic E-state index is 12.3. The summed E-state index contributed by atoms with van der Waals surface area (Å²) in [6.45, 7) is 0.226. The molecule has 8 heteroatoms. The number of rotatable bonds is 4. The summed E-state index contributed by atoms with van der Waals surface area (Å²) in [4.78, 5) is 0. The molecular weight excluding hydrogens is 407 g/mol. The molecular formula is C12H8Br2F3NO2. The third-order valence-electron chi connectivity index (χ3n) is 2.30. The molecule has 0 amide bonds. The molecule has 0 saturated carbocycles. The van der Waals surface area contributed by atoms with Crippen LogP contribution in [0.25, 0.3) is 0 Å². The van der Waals surface area contributed by atoms with Gasteiger partial charge in [-0.2, -0.15) is 0 Å². The van der Waals surface area contributed by atoms with E-state index >= 15 is 0 Å². The second kappa shape index (κ2) is 6.09.